The SMILES string of the molecule is C[C@H](Oc1cc(N2C[C@H](C)NC3(CC3)C2)nc(/C(O)=C2\CCC[C@@]3(CCCCC3=O)C2=N)n1)[C@@H]1CCCN1C. The molecule has 5 aliphatic rings. The first-order chi connectivity index (χ1) is 18.7. The van der Waals surface area contributed by atoms with Crippen LogP contribution in [0.15, 0.2) is 11.6 Å². The van der Waals surface area contributed by atoms with Crippen LogP contribution < -0.4 is 15.0 Å². The Morgan fingerprint density at radius 2 is 1.97 bits per heavy atom. The Bertz CT molecular complexity index is 1180. The Labute approximate surface area is 231 Å². The van der Waals surface area contributed by atoms with Gasteiger partial charge in [-0.1, -0.05) is 6.42 Å². The van der Waals surface area contributed by atoms with Crippen LogP contribution >= 0.6 is 0 Å². The van der Waals surface area contributed by atoms with Crippen LogP contribution in [-0.4, -0.2) is 81.9 Å². The highest BCUT2D eigenvalue weighted by molar-refractivity contribution is 6.18. The number of ether oxygens (including phenoxy) is 1. The van der Waals surface area contributed by atoms with Gasteiger partial charge in [-0.05, 0) is 85.2 Å². The molecule has 3 aliphatic carbocycles. The van der Waals surface area contributed by atoms with Gasteiger partial charge in [0.15, 0.2) is 11.6 Å². The van der Waals surface area contributed by atoms with Crippen LogP contribution in [0.2, 0.25) is 0 Å². The summed E-state index contributed by atoms with van der Waals surface area (Å²) in [5.74, 6) is 1.49. The number of nitrogens with one attached hydrogen (secondary N) is 2. The maximum atomic E-state index is 13.1. The first-order valence-corrected chi connectivity index (χ1v) is 15.0. The molecule has 212 valence electrons. The highest BCUT2D eigenvalue weighted by Gasteiger charge is 2.49. The summed E-state index contributed by atoms with van der Waals surface area (Å²) >= 11 is 0. The maximum Gasteiger partial charge on any atom is 0.219 e. The molecule has 3 heterocycles. The third-order valence-electron chi connectivity index (χ3n) is 9.93. The van der Waals surface area contributed by atoms with Gasteiger partial charge in [-0.15, -0.1) is 0 Å². The number of hydrogen-bond acceptors (Lipinski definition) is 9. The van der Waals surface area contributed by atoms with Crippen molar-refractivity contribution in [1.82, 2.24) is 20.2 Å². The highest BCUT2D eigenvalue weighted by Crippen LogP contribution is 2.46. The Kier molecular flexibility index (Phi) is 6.94. The number of nitrogens with zero attached hydrogens (tertiary/aromatic N) is 4. The van der Waals surface area contributed by atoms with Crippen LogP contribution in [0.4, 0.5) is 5.82 Å². The molecule has 9 nitrogen and oxygen atoms in total. The minimum Gasteiger partial charge on any atom is -0.504 e. The van der Waals surface area contributed by atoms with E-state index in [0.29, 0.717) is 49.2 Å². The molecule has 3 saturated carbocycles. The second-order valence-corrected chi connectivity index (χ2v) is 12.9. The van der Waals surface area contributed by atoms with E-state index in [9.17, 15) is 9.90 Å². The van der Waals surface area contributed by atoms with Crippen molar-refractivity contribution in [2.75, 3.05) is 31.6 Å². The van der Waals surface area contributed by atoms with Crippen molar-refractivity contribution in [3.8, 4) is 5.88 Å². The van der Waals surface area contributed by atoms with Gasteiger partial charge >= 0.3 is 0 Å². The molecular weight excluding hydrogens is 492 g/mol. The van der Waals surface area contributed by atoms with Crippen LogP contribution in [0.3, 0.4) is 0 Å². The number of ketones is 1. The summed E-state index contributed by atoms with van der Waals surface area (Å²) in [6, 6.07) is 2.56. The summed E-state index contributed by atoms with van der Waals surface area (Å²) in [4.78, 5) is 27.3. The molecule has 6 rings (SSSR count). The molecule has 0 aromatic carbocycles. The van der Waals surface area contributed by atoms with Gasteiger partial charge in [0.25, 0.3) is 0 Å². The molecule has 0 amide bonds. The number of allylic oxidation sites excluding steroid dienone is 1. The van der Waals surface area contributed by atoms with Gasteiger partial charge < -0.3 is 25.5 Å². The van der Waals surface area contributed by atoms with Crippen molar-refractivity contribution in [1.29, 1.82) is 5.41 Å². The van der Waals surface area contributed by atoms with E-state index in [1.807, 2.05) is 6.07 Å². The van der Waals surface area contributed by atoms with E-state index in [4.69, 9.17) is 20.1 Å². The molecular formula is C30H44N6O3. The first-order valence-electron chi connectivity index (χ1n) is 15.0. The molecule has 3 N–H and O–H groups in total. The maximum absolute atomic E-state index is 13.1. The molecule has 1 aromatic rings. The third-order valence-corrected chi connectivity index (χ3v) is 9.93. The third kappa shape index (κ3) is 4.97. The molecule has 0 radical (unpaired) electrons. The zero-order chi connectivity index (χ0) is 27.4. The topological polar surface area (TPSA) is 115 Å². The molecule has 0 bridgehead atoms. The zero-order valence-corrected chi connectivity index (χ0v) is 23.8. The van der Waals surface area contributed by atoms with Crippen molar-refractivity contribution in [2.45, 2.75) is 108 Å². The van der Waals surface area contributed by atoms with E-state index >= 15 is 0 Å². The van der Waals surface area contributed by atoms with Crippen molar-refractivity contribution in [3.63, 3.8) is 0 Å². The van der Waals surface area contributed by atoms with E-state index in [2.05, 4.69) is 36.0 Å². The number of aromatic nitrogens is 2. The van der Waals surface area contributed by atoms with Gasteiger partial charge in [0.2, 0.25) is 5.88 Å². The minimum absolute atomic E-state index is 0.0595. The molecule has 5 fully saturated rings. The number of carbonyl (C=O) groups excluding carboxylic acids is 1. The van der Waals surface area contributed by atoms with Crippen molar-refractivity contribution < 1.29 is 14.6 Å². The summed E-state index contributed by atoms with van der Waals surface area (Å²) in [6.45, 7) is 7.03. The summed E-state index contributed by atoms with van der Waals surface area (Å²) in [7, 11) is 2.14. The van der Waals surface area contributed by atoms with E-state index in [-0.39, 0.29) is 34.7 Å². The zero-order valence-electron chi connectivity index (χ0n) is 23.8. The minimum atomic E-state index is -0.759. The summed E-state index contributed by atoms with van der Waals surface area (Å²) in [6.07, 6.45) is 9.59. The van der Waals surface area contributed by atoms with E-state index < -0.39 is 5.41 Å². The summed E-state index contributed by atoms with van der Waals surface area (Å²) in [5.41, 5.74) is 0.185. The summed E-state index contributed by atoms with van der Waals surface area (Å²) < 4.78 is 6.45. The number of likely N-dealkylation sites (tertiary alicyclic amines) is 1. The van der Waals surface area contributed by atoms with Crippen LogP contribution in [0.1, 0.15) is 90.3 Å². The molecule has 9 heteroatoms. The second kappa shape index (κ2) is 10.1. The average molecular weight is 537 g/mol. The number of likely N-dealkylation sites (N-methyl/N-ethyl adjacent to an activating group) is 1. The molecule has 1 aromatic heterocycles. The average Bonchev–Trinajstić information content (AvgIpc) is 3.49. The van der Waals surface area contributed by atoms with Gasteiger partial charge in [-0.2, -0.15) is 4.98 Å². The monoisotopic (exact) mass is 536 g/mol. The van der Waals surface area contributed by atoms with Crippen molar-refractivity contribution in [2.24, 2.45) is 5.41 Å². The number of hydrogen-bond donors (Lipinski definition) is 3. The quantitative estimate of drug-likeness (QED) is 0.478. The Morgan fingerprint density at radius 1 is 1.18 bits per heavy atom. The number of anilines is 1. The van der Waals surface area contributed by atoms with Crippen LogP contribution in [0, 0.1) is 10.8 Å². The largest absolute Gasteiger partial charge is 0.504 e. The van der Waals surface area contributed by atoms with Crippen LogP contribution in [0.5, 0.6) is 5.88 Å². The predicted molar refractivity (Wildman–Crippen MR) is 152 cm³/mol. The van der Waals surface area contributed by atoms with Gasteiger partial charge in [0.1, 0.15) is 17.7 Å². The fraction of sp³-hybridized carbons (Fsp3) is 0.733. The Hall–Kier alpha value is -2.52. The standard InChI is InChI=1S/C30H44N6O3/c1-19-17-36(18-29(34-19)13-14-29)24-16-25(39-20(2)22-9-7-15-35(22)3)33-28(32-24)26(38)21-8-6-12-30(27(21)31)11-5-4-10-23(30)37/h16,19-20,22,31,34,38H,4-15,17-18H2,1-3H3/b26-21-,31-27?/t19-,20-,22-,30+/m0/s1. The fourth-order valence-corrected chi connectivity index (χ4v) is 7.64. The van der Waals surface area contributed by atoms with E-state index in [1.165, 1.54) is 0 Å². The number of piperazine rings is 1. The van der Waals surface area contributed by atoms with Crippen LogP contribution in [0.25, 0.3) is 5.76 Å². The molecule has 2 spiro atoms. The fourth-order valence-electron chi connectivity index (χ4n) is 7.64. The lowest BCUT2D eigenvalue weighted by Gasteiger charge is -2.40. The van der Waals surface area contributed by atoms with Crippen LogP contribution in [-0.2, 0) is 4.79 Å². The predicted octanol–water partition coefficient (Wildman–Crippen LogP) is 4.27. The number of aliphatic hydroxyl groups excluding tert-OH is 1. The lowest BCUT2D eigenvalue weighted by molar-refractivity contribution is -0.128. The van der Waals surface area contributed by atoms with E-state index in [0.717, 1.165) is 70.4 Å². The van der Waals surface area contributed by atoms with Gasteiger partial charge in [0.05, 0.1) is 11.1 Å². The highest BCUT2D eigenvalue weighted by atomic mass is 16.5. The first kappa shape index (κ1) is 26.7. The van der Waals surface area contributed by atoms with Gasteiger partial charge in [-0.3, -0.25) is 9.69 Å². The lowest BCUT2D eigenvalue weighted by Crippen LogP contribution is -2.57. The number of rotatable bonds is 5. The Morgan fingerprint density at radius 3 is 2.69 bits per heavy atom. The normalized spacial score (nSPS) is 33.1. The summed E-state index contributed by atoms with van der Waals surface area (Å²) in [5, 5.41) is 24.5. The molecule has 2 aliphatic heterocycles. The number of carbonyl (C=O) groups is 1. The number of aliphatic hydroxyl groups is 1. The van der Waals surface area contributed by atoms with E-state index in [1.54, 1.807) is 0 Å². The lowest BCUT2D eigenvalue weighted by atomic mass is 9.62. The smallest absolute Gasteiger partial charge is 0.219 e. The van der Waals surface area contributed by atoms with Crippen molar-refractivity contribution >= 4 is 23.1 Å². The van der Waals surface area contributed by atoms with Gasteiger partial charge in [0, 0.05) is 48.8 Å². The molecule has 39 heavy (non-hydrogen) atoms. The van der Waals surface area contributed by atoms with Crippen molar-refractivity contribution in [3.05, 3.63) is 17.5 Å². The molecule has 4 atom stereocenters. The number of Topliss-reactive ketones (excluding diaryl/α,β-unsaturated/α-hetero) is 1. The molecule has 0 unspecified atom stereocenters. The second-order valence-electron chi connectivity index (χ2n) is 12.9. The van der Waals surface area contributed by atoms with Gasteiger partial charge in [-0.25, -0.2) is 4.98 Å². The molecule has 2 saturated heterocycles. The Balaban J connectivity index is 1.36.